The van der Waals surface area contributed by atoms with E-state index in [1.807, 2.05) is 6.92 Å². The molecular formula is C12H18ClNS. The van der Waals surface area contributed by atoms with Gasteiger partial charge in [-0.15, -0.1) is 17.9 Å². The zero-order chi connectivity index (χ0) is 11.4. The molecule has 1 aromatic rings. The second-order valence-corrected chi connectivity index (χ2v) is 5.16. The van der Waals surface area contributed by atoms with Crippen molar-refractivity contribution in [2.45, 2.75) is 33.2 Å². The average molecular weight is 244 g/mol. The third-order valence-corrected chi connectivity index (χ3v) is 4.07. The third-order valence-electron chi connectivity index (χ3n) is 2.24. The van der Waals surface area contributed by atoms with E-state index in [0.717, 1.165) is 18.0 Å². The molecule has 0 amide bonds. The second kappa shape index (κ2) is 5.69. The van der Waals surface area contributed by atoms with Crippen LogP contribution in [0.5, 0.6) is 0 Å². The van der Waals surface area contributed by atoms with Crippen molar-refractivity contribution in [3.05, 3.63) is 33.0 Å². The molecule has 0 aromatic carbocycles. The Bertz CT molecular complexity index is 343. The summed E-state index contributed by atoms with van der Waals surface area (Å²) in [6.45, 7) is 11.1. The predicted molar refractivity (Wildman–Crippen MR) is 69.9 cm³/mol. The lowest BCUT2D eigenvalue weighted by atomic mass is 10.1. The highest BCUT2D eigenvalue weighted by Gasteiger charge is 2.16. The van der Waals surface area contributed by atoms with Gasteiger partial charge in [0.2, 0.25) is 0 Å². The van der Waals surface area contributed by atoms with Gasteiger partial charge in [-0.1, -0.05) is 24.1 Å². The van der Waals surface area contributed by atoms with Gasteiger partial charge in [-0.2, -0.15) is 0 Å². The zero-order valence-electron chi connectivity index (χ0n) is 9.56. The van der Waals surface area contributed by atoms with Gasteiger partial charge in [-0.3, -0.25) is 0 Å². The maximum atomic E-state index is 6.26. The van der Waals surface area contributed by atoms with Crippen LogP contribution in [0.2, 0.25) is 5.02 Å². The number of nitrogens with one attached hydrogen (secondary N) is 1. The van der Waals surface area contributed by atoms with Crippen LogP contribution in [0.3, 0.4) is 0 Å². The van der Waals surface area contributed by atoms with Gasteiger partial charge in [0.15, 0.2) is 0 Å². The molecule has 1 atom stereocenters. The van der Waals surface area contributed by atoms with Gasteiger partial charge in [-0.25, -0.2) is 0 Å². The van der Waals surface area contributed by atoms with Gasteiger partial charge in [0, 0.05) is 10.9 Å². The highest BCUT2D eigenvalue weighted by Crippen LogP contribution is 2.34. The van der Waals surface area contributed by atoms with Gasteiger partial charge in [0.1, 0.15) is 0 Å². The average Bonchev–Trinajstić information content (AvgIpc) is 2.46. The van der Waals surface area contributed by atoms with E-state index in [4.69, 9.17) is 11.6 Å². The van der Waals surface area contributed by atoms with Gasteiger partial charge in [0.25, 0.3) is 0 Å². The summed E-state index contributed by atoms with van der Waals surface area (Å²) in [6, 6.07) is 0.318. The summed E-state index contributed by atoms with van der Waals surface area (Å²) in [5.74, 6) is 0. The highest BCUT2D eigenvalue weighted by molar-refractivity contribution is 7.10. The minimum Gasteiger partial charge on any atom is -0.309 e. The number of thiophene rings is 1. The summed E-state index contributed by atoms with van der Waals surface area (Å²) in [5.41, 5.74) is 2.35. The molecule has 84 valence electrons. The molecule has 0 bridgehead atoms. The van der Waals surface area contributed by atoms with Crippen molar-refractivity contribution >= 4 is 22.9 Å². The van der Waals surface area contributed by atoms with E-state index in [0.29, 0.717) is 6.04 Å². The van der Waals surface area contributed by atoms with Crippen molar-refractivity contribution in [1.29, 1.82) is 0 Å². The van der Waals surface area contributed by atoms with E-state index < -0.39 is 0 Å². The minimum absolute atomic E-state index is 0.318. The van der Waals surface area contributed by atoms with Crippen LogP contribution >= 0.6 is 22.9 Å². The number of halogens is 1. The molecule has 0 aliphatic rings. The Hall–Kier alpha value is -0.310. The van der Waals surface area contributed by atoms with Crippen LogP contribution in [0.25, 0.3) is 0 Å². The van der Waals surface area contributed by atoms with Crippen LogP contribution in [-0.4, -0.2) is 6.54 Å². The molecule has 1 aromatic heterocycles. The Labute approximate surface area is 101 Å². The van der Waals surface area contributed by atoms with Crippen molar-refractivity contribution in [1.82, 2.24) is 5.32 Å². The Balaban J connectivity index is 2.88. The monoisotopic (exact) mass is 243 g/mol. The first-order valence-electron chi connectivity index (χ1n) is 5.17. The van der Waals surface area contributed by atoms with Gasteiger partial charge >= 0.3 is 0 Å². The number of rotatable bonds is 5. The smallest absolute Gasteiger partial charge is 0.0590 e. The van der Waals surface area contributed by atoms with E-state index in [1.54, 1.807) is 11.3 Å². The topological polar surface area (TPSA) is 12.0 Å². The summed E-state index contributed by atoms with van der Waals surface area (Å²) in [5, 5.41) is 6.47. The van der Waals surface area contributed by atoms with Crippen molar-refractivity contribution in [2.75, 3.05) is 6.54 Å². The second-order valence-electron chi connectivity index (χ2n) is 3.87. The number of hydrogen-bond acceptors (Lipinski definition) is 2. The summed E-state index contributed by atoms with van der Waals surface area (Å²) < 4.78 is 0. The molecule has 15 heavy (non-hydrogen) atoms. The molecule has 1 unspecified atom stereocenters. The SMILES string of the molecule is C=C(C)CC(NCC)c1scc(C)c1Cl. The molecule has 1 N–H and O–H groups in total. The Morgan fingerprint density at radius 2 is 2.33 bits per heavy atom. The quantitative estimate of drug-likeness (QED) is 0.760. The molecule has 1 nitrogen and oxygen atoms in total. The van der Waals surface area contributed by atoms with E-state index >= 15 is 0 Å². The van der Waals surface area contributed by atoms with Crippen LogP contribution in [0, 0.1) is 6.92 Å². The molecule has 1 heterocycles. The molecule has 3 heteroatoms. The van der Waals surface area contributed by atoms with Gasteiger partial charge in [-0.05, 0) is 37.8 Å². The zero-order valence-corrected chi connectivity index (χ0v) is 11.1. The highest BCUT2D eigenvalue weighted by atomic mass is 35.5. The maximum Gasteiger partial charge on any atom is 0.0590 e. The third kappa shape index (κ3) is 3.33. The lowest BCUT2D eigenvalue weighted by molar-refractivity contribution is 0.556. The number of hydrogen-bond donors (Lipinski definition) is 1. The summed E-state index contributed by atoms with van der Waals surface area (Å²) >= 11 is 7.99. The van der Waals surface area contributed by atoms with Crippen LogP contribution in [0.4, 0.5) is 0 Å². The normalized spacial score (nSPS) is 12.8. The lowest BCUT2D eigenvalue weighted by Crippen LogP contribution is -2.20. The molecule has 0 fully saturated rings. The predicted octanol–water partition coefficient (Wildman–Crippen LogP) is 4.33. The van der Waals surface area contributed by atoms with Crippen molar-refractivity contribution in [2.24, 2.45) is 0 Å². The maximum absolute atomic E-state index is 6.26. The summed E-state index contributed by atoms with van der Waals surface area (Å²) in [7, 11) is 0. The van der Waals surface area contributed by atoms with Gasteiger partial charge < -0.3 is 5.32 Å². The van der Waals surface area contributed by atoms with E-state index in [1.165, 1.54) is 16.0 Å². The lowest BCUT2D eigenvalue weighted by Gasteiger charge is -2.17. The number of aryl methyl sites for hydroxylation is 1. The molecule has 0 saturated carbocycles. The van der Waals surface area contributed by atoms with E-state index in [2.05, 4.69) is 31.1 Å². The first-order valence-corrected chi connectivity index (χ1v) is 6.43. The Kier molecular flexibility index (Phi) is 4.84. The molecule has 0 aliphatic heterocycles. The fourth-order valence-electron chi connectivity index (χ4n) is 1.54. The first-order chi connectivity index (χ1) is 7.06. The van der Waals surface area contributed by atoms with Crippen LogP contribution in [0.1, 0.15) is 36.8 Å². The largest absolute Gasteiger partial charge is 0.309 e. The Morgan fingerprint density at radius 1 is 1.67 bits per heavy atom. The molecule has 0 spiro atoms. The van der Waals surface area contributed by atoms with Crippen molar-refractivity contribution in [3.8, 4) is 0 Å². The van der Waals surface area contributed by atoms with Crippen molar-refractivity contribution in [3.63, 3.8) is 0 Å². The summed E-state index contributed by atoms with van der Waals surface area (Å²) in [4.78, 5) is 1.24. The van der Waals surface area contributed by atoms with Crippen LogP contribution in [-0.2, 0) is 0 Å². The van der Waals surface area contributed by atoms with Gasteiger partial charge in [0.05, 0.1) is 5.02 Å². The molecule has 0 aliphatic carbocycles. The molecule has 0 radical (unpaired) electrons. The molecular weight excluding hydrogens is 226 g/mol. The summed E-state index contributed by atoms with van der Waals surface area (Å²) in [6.07, 6.45) is 0.952. The molecule has 1 rings (SSSR count). The van der Waals surface area contributed by atoms with Crippen LogP contribution in [0.15, 0.2) is 17.5 Å². The fraction of sp³-hybridized carbons (Fsp3) is 0.500. The minimum atomic E-state index is 0.318. The van der Waals surface area contributed by atoms with Crippen LogP contribution < -0.4 is 5.32 Å². The van der Waals surface area contributed by atoms with Crippen molar-refractivity contribution < 1.29 is 0 Å². The first kappa shape index (κ1) is 12.8. The standard InChI is InChI=1S/C12H18ClNS/c1-5-14-10(6-8(2)3)12-11(13)9(4)7-15-12/h7,10,14H,2,5-6H2,1,3-4H3. The van der Waals surface area contributed by atoms with E-state index in [9.17, 15) is 0 Å². The van der Waals surface area contributed by atoms with E-state index in [-0.39, 0.29) is 0 Å². The fourth-order valence-corrected chi connectivity index (χ4v) is 2.94. The Morgan fingerprint density at radius 3 is 2.73 bits per heavy atom. The molecule has 0 saturated heterocycles.